The Labute approximate surface area is 270 Å². The molecule has 5 rings (SSSR count). The normalized spacial score (nSPS) is 21.4. The highest BCUT2D eigenvalue weighted by molar-refractivity contribution is 6.30. The second-order valence-electron chi connectivity index (χ2n) is 12.7. The Bertz CT molecular complexity index is 1480. The maximum absolute atomic E-state index is 13.5. The van der Waals surface area contributed by atoms with Gasteiger partial charge in [-0.15, -0.1) is 0 Å². The minimum absolute atomic E-state index is 0.0125. The standard InChI is InChI=1S/C34H45ClN6O4/c1-22(2)34(10-11-34)45-32(42)38-31(30-20-37-21-39(30)5)28-17-24(7-6-12-36)18-29(26-9-8-25(35)19-27(26)28)40-13-15-41(16-14-40)33(43)44-23(3)4/h6-9,12,17,19-23,29,31H,10-11,13-16,18,36H2,1-5H3,(H,38,42)/b12-6-,24-7-. The third kappa shape index (κ3) is 7.39. The number of alkyl carbamates (subject to hydrolysis) is 1. The number of benzene rings is 1. The van der Waals surface area contributed by atoms with Crippen LogP contribution in [-0.2, 0) is 16.5 Å². The zero-order chi connectivity index (χ0) is 32.3. The zero-order valence-electron chi connectivity index (χ0n) is 26.8. The lowest BCUT2D eigenvalue weighted by molar-refractivity contribution is 0.0477. The van der Waals surface area contributed by atoms with E-state index < -0.39 is 17.7 Å². The van der Waals surface area contributed by atoms with Crippen LogP contribution in [0.3, 0.4) is 0 Å². The minimum Gasteiger partial charge on any atom is -0.447 e. The van der Waals surface area contributed by atoms with Crippen LogP contribution in [0.15, 0.2) is 60.7 Å². The first-order chi connectivity index (χ1) is 21.5. The van der Waals surface area contributed by atoms with Crippen molar-refractivity contribution in [3.8, 4) is 0 Å². The largest absolute Gasteiger partial charge is 0.447 e. The molecule has 1 saturated heterocycles. The van der Waals surface area contributed by atoms with E-state index in [9.17, 15) is 9.59 Å². The molecule has 2 unspecified atom stereocenters. The van der Waals surface area contributed by atoms with Gasteiger partial charge in [0.05, 0.1) is 30.4 Å². The first-order valence-electron chi connectivity index (χ1n) is 15.8. The smallest absolute Gasteiger partial charge is 0.410 e. The Kier molecular flexibility index (Phi) is 9.94. The molecule has 3 N–H and O–H groups in total. The fraction of sp³-hybridized carbons (Fsp3) is 0.500. The predicted molar refractivity (Wildman–Crippen MR) is 175 cm³/mol. The number of carbonyl (C=O) groups is 2. The number of fused-ring (bicyclic) bond motifs is 1. The summed E-state index contributed by atoms with van der Waals surface area (Å²) in [6, 6.07) is 5.38. The van der Waals surface area contributed by atoms with E-state index in [4.69, 9.17) is 26.8 Å². The molecule has 10 nitrogen and oxygen atoms in total. The van der Waals surface area contributed by atoms with Crippen LogP contribution in [0.4, 0.5) is 9.59 Å². The van der Waals surface area contributed by atoms with Gasteiger partial charge >= 0.3 is 12.2 Å². The summed E-state index contributed by atoms with van der Waals surface area (Å²) >= 11 is 6.67. The van der Waals surface area contributed by atoms with E-state index in [1.54, 1.807) is 17.4 Å². The summed E-state index contributed by atoms with van der Waals surface area (Å²) in [5.41, 5.74) is 10.1. The molecule has 0 radical (unpaired) electrons. The number of nitrogens with one attached hydrogen (secondary N) is 1. The Hall–Kier alpha value is -3.76. The number of hydrogen-bond donors (Lipinski definition) is 2. The number of carbonyl (C=O) groups excluding carboxylic acids is 2. The van der Waals surface area contributed by atoms with E-state index in [1.165, 1.54) is 6.20 Å². The number of aryl methyl sites for hydroxylation is 1. The Morgan fingerprint density at radius 3 is 2.49 bits per heavy atom. The Morgan fingerprint density at radius 1 is 1.16 bits per heavy atom. The van der Waals surface area contributed by atoms with E-state index in [0.717, 1.165) is 40.8 Å². The van der Waals surface area contributed by atoms with Crippen LogP contribution in [-0.4, -0.2) is 69.4 Å². The Balaban J connectivity index is 1.53. The summed E-state index contributed by atoms with van der Waals surface area (Å²) in [4.78, 5) is 34.7. The number of aromatic nitrogens is 2. The molecule has 0 spiro atoms. The van der Waals surface area contributed by atoms with Crippen molar-refractivity contribution in [1.82, 2.24) is 24.7 Å². The maximum Gasteiger partial charge on any atom is 0.410 e. The summed E-state index contributed by atoms with van der Waals surface area (Å²) in [7, 11) is 1.91. The molecule has 11 heteroatoms. The average Bonchev–Trinajstić information content (AvgIpc) is 3.70. The molecule has 1 aromatic carbocycles. The van der Waals surface area contributed by atoms with Gasteiger partial charge in [0.25, 0.3) is 0 Å². The van der Waals surface area contributed by atoms with Gasteiger partial charge in [-0.3, -0.25) is 4.90 Å². The molecule has 3 aliphatic rings. The molecule has 2 aliphatic carbocycles. The molecule has 2 heterocycles. The molecule has 2 atom stereocenters. The van der Waals surface area contributed by atoms with Gasteiger partial charge in [0.2, 0.25) is 0 Å². The predicted octanol–water partition coefficient (Wildman–Crippen LogP) is 6.12. The van der Waals surface area contributed by atoms with Crippen molar-refractivity contribution < 1.29 is 19.1 Å². The van der Waals surface area contributed by atoms with Gasteiger partial charge in [0.1, 0.15) is 5.60 Å². The van der Waals surface area contributed by atoms with Crippen molar-refractivity contribution in [2.75, 3.05) is 26.2 Å². The molecule has 2 fully saturated rings. The van der Waals surface area contributed by atoms with Crippen molar-refractivity contribution in [1.29, 1.82) is 0 Å². The van der Waals surface area contributed by atoms with Gasteiger partial charge in [0, 0.05) is 44.3 Å². The molecule has 1 aromatic heterocycles. The van der Waals surface area contributed by atoms with Gasteiger partial charge in [-0.05, 0) is 85.7 Å². The van der Waals surface area contributed by atoms with Crippen molar-refractivity contribution in [2.45, 2.75) is 70.7 Å². The fourth-order valence-electron chi connectivity index (χ4n) is 6.30. The number of hydrogen-bond acceptors (Lipinski definition) is 7. The lowest BCUT2D eigenvalue weighted by Gasteiger charge is -2.39. The SMILES string of the molecule is CC(C)OC(=O)N1CCN(C2C/C(=C\C=C/N)C=C(C(NC(=O)OC3(C(C)C)CC3)c3cncn3C)c3cc(Cl)ccc32)CC1. The minimum atomic E-state index is -0.572. The lowest BCUT2D eigenvalue weighted by atomic mass is 9.90. The van der Waals surface area contributed by atoms with E-state index in [1.807, 2.05) is 49.7 Å². The second kappa shape index (κ2) is 13.7. The summed E-state index contributed by atoms with van der Waals surface area (Å²) in [5, 5.41) is 3.79. The highest BCUT2D eigenvalue weighted by Gasteiger charge is 2.50. The van der Waals surface area contributed by atoms with Crippen LogP contribution in [0.5, 0.6) is 0 Å². The van der Waals surface area contributed by atoms with Gasteiger partial charge in [-0.1, -0.05) is 43.7 Å². The number of rotatable bonds is 8. The molecular weight excluding hydrogens is 592 g/mol. The van der Waals surface area contributed by atoms with E-state index in [-0.39, 0.29) is 24.2 Å². The van der Waals surface area contributed by atoms with Gasteiger partial charge < -0.3 is 30.0 Å². The molecule has 1 aliphatic heterocycles. The number of halogens is 1. The van der Waals surface area contributed by atoms with Gasteiger partial charge in [-0.2, -0.15) is 0 Å². The highest BCUT2D eigenvalue weighted by atomic mass is 35.5. The highest BCUT2D eigenvalue weighted by Crippen LogP contribution is 2.47. The van der Waals surface area contributed by atoms with E-state index in [2.05, 4.69) is 41.2 Å². The summed E-state index contributed by atoms with van der Waals surface area (Å²) in [5.74, 6) is 0.223. The van der Waals surface area contributed by atoms with Crippen LogP contribution in [0.1, 0.15) is 75.9 Å². The van der Waals surface area contributed by atoms with Crippen LogP contribution in [0.2, 0.25) is 5.02 Å². The Morgan fingerprint density at radius 2 is 1.89 bits per heavy atom. The second-order valence-corrected chi connectivity index (χ2v) is 13.2. The topological polar surface area (TPSA) is 115 Å². The number of piperazine rings is 1. The number of nitrogens with two attached hydrogens (primary N) is 1. The van der Waals surface area contributed by atoms with E-state index in [0.29, 0.717) is 37.6 Å². The third-order valence-corrected chi connectivity index (χ3v) is 9.28. The van der Waals surface area contributed by atoms with E-state index >= 15 is 0 Å². The van der Waals surface area contributed by atoms with Crippen molar-refractivity contribution >= 4 is 29.4 Å². The van der Waals surface area contributed by atoms with Crippen LogP contribution >= 0.6 is 11.6 Å². The molecule has 1 saturated carbocycles. The fourth-order valence-corrected chi connectivity index (χ4v) is 6.47. The van der Waals surface area contributed by atoms with Gasteiger partial charge in [0.15, 0.2) is 0 Å². The first kappa shape index (κ1) is 32.6. The zero-order valence-corrected chi connectivity index (χ0v) is 27.6. The summed E-state index contributed by atoms with van der Waals surface area (Å²) in [6.45, 7) is 10.4. The molecular formula is C34H45ClN6O4. The quantitative estimate of drug-likeness (QED) is 0.359. The van der Waals surface area contributed by atoms with Crippen LogP contribution in [0.25, 0.3) is 5.57 Å². The third-order valence-electron chi connectivity index (χ3n) is 9.04. The monoisotopic (exact) mass is 636 g/mol. The number of allylic oxidation sites excluding steroid dienone is 3. The molecule has 2 amide bonds. The van der Waals surface area contributed by atoms with Crippen molar-refractivity contribution in [3.05, 3.63) is 82.6 Å². The van der Waals surface area contributed by atoms with Crippen molar-refractivity contribution in [2.24, 2.45) is 18.7 Å². The molecule has 242 valence electrons. The lowest BCUT2D eigenvalue weighted by Crippen LogP contribution is -2.50. The van der Waals surface area contributed by atoms with Crippen LogP contribution < -0.4 is 11.1 Å². The summed E-state index contributed by atoms with van der Waals surface area (Å²) < 4.78 is 13.4. The summed E-state index contributed by atoms with van der Waals surface area (Å²) in [6.07, 6.45) is 12.5. The number of imidazole rings is 1. The molecule has 2 aromatic rings. The van der Waals surface area contributed by atoms with Gasteiger partial charge in [-0.25, -0.2) is 14.6 Å². The number of ether oxygens (including phenoxy) is 2. The maximum atomic E-state index is 13.5. The molecule has 45 heavy (non-hydrogen) atoms. The average molecular weight is 637 g/mol. The van der Waals surface area contributed by atoms with Crippen LogP contribution in [0, 0.1) is 5.92 Å². The molecule has 0 bridgehead atoms. The number of nitrogens with zero attached hydrogens (tertiary/aromatic N) is 4. The number of amides is 2. The first-order valence-corrected chi connectivity index (χ1v) is 16.1. The van der Waals surface area contributed by atoms with Crippen molar-refractivity contribution in [3.63, 3.8) is 0 Å².